The topological polar surface area (TPSA) is 175 Å². The number of carbonyl (C=O) groups is 2. The first-order chi connectivity index (χ1) is 40.7. The predicted octanol–water partition coefficient (Wildman–Crippen LogP) is 17.3. The fraction of sp³-hybridized carbons (Fsp3) is 0.778. The molecule has 0 bridgehead atoms. The molecule has 1 aliphatic heterocycles. The second-order valence-corrected chi connectivity index (χ2v) is 23.5. The summed E-state index contributed by atoms with van der Waals surface area (Å²) in [4.78, 5) is 26.6. The van der Waals surface area contributed by atoms with Crippen molar-refractivity contribution in [3.63, 3.8) is 0 Å². The first kappa shape index (κ1) is 77.9. The molecule has 8 unspecified atom stereocenters. The largest absolute Gasteiger partial charge is 0.454 e. The molecule has 1 rings (SSSR count). The maximum Gasteiger partial charge on any atom is 0.306 e. The van der Waals surface area contributed by atoms with Gasteiger partial charge < -0.3 is 45.1 Å². The number of hydrogen-bond acceptors (Lipinski definition) is 10. The summed E-state index contributed by atoms with van der Waals surface area (Å²) in [6, 6.07) is -1.03. The second kappa shape index (κ2) is 59.2. The molecule has 1 fully saturated rings. The van der Waals surface area contributed by atoms with E-state index in [0.29, 0.717) is 12.8 Å². The van der Waals surface area contributed by atoms with Crippen LogP contribution in [0.3, 0.4) is 0 Å². The molecule has 1 saturated heterocycles. The number of carbonyl (C=O) groups excluding carboxylic acids is 2. The van der Waals surface area contributed by atoms with Gasteiger partial charge in [-0.2, -0.15) is 0 Å². The van der Waals surface area contributed by atoms with Crippen molar-refractivity contribution in [3.05, 3.63) is 85.1 Å². The maximum absolute atomic E-state index is 13.5. The average Bonchev–Trinajstić information content (AvgIpc) is 3.52. The van der Waals surface area contributed by atoms with Crippen molar-refractivity contribution in [1.29, 1.82) is 0 Å². The van der Waals surface area contributed by atoms with Crippen LogP contribution >= 0.6 is 0 Å². The minimum atomic E-state index is -1.62. The monoisotopic (exact) mass is 1170 g/mol. The van der Waals surface area contributed by atoms with E-state index in [1.54, 1.807) is 6.08 Å². The van der Waals surface area contributed by atoms with E-state index in [2.05, 4.69) is 99.0 Å². The Morgan fingerprint density at radius 2 is 0.867 bits per heavy atom. The van der Waals surface area contributed by atoms with Crippen LogP contribution in [0.25, 0.3) is 0 Å². The molecule has 0 radical (unpaired) electrons. The average molecular weight is 1170 g/mol. The van der Waals surface area contributed by atoms with Gasteiger partial charge in [0, 0.05) is 6.42 Å². The third kappa shape index (κ3) is 46.7. The van der Waals surface area contributed by atoms with Crippen molar-refractivity contribution in [2.75, 3.05) is 13.2 Å². The molecule has 83 heavy (non-hydrogen) atoms. The Hall–Kier alpha value is -3.16. The van der Waals surface area contributed by atoms with Gasteiger partial charge >= 0.3 is 5.97 Å². The zero-order valence-electron chi connectivity index (χ0n) is 53.3. The summed E-state index contributed by atoms with van der Waals surface area (Å²) >= 11 is 0. The summed E-state index contributed by atoms with van der Waals surface area (Å²) in [5.74, 6) is -1.20. The number of nitrogens with one attached hydrogen (secondary N) is 1. The molecule has 0 aliphatic carbocycles. The van der Waals surface area contributed by atoms with E-state index in [1.807, 2.05) is 6.08 Å². The van der Waals surface area contributed by atoms with E-state index in [-0.39, 0.29) is 19.4 Å². The molecule has 0 aromatic carbocycles. The Labute approximate surface area is 508 Å². The van der Waals surface area contributed by atoms with Crippen molar-refractivity contribution >= 4 is 11.9 Å². The summed E-state index contributed by atoms with van der Waals surface area (Å²) in [5, 5.41) is 57.1. The molecule has 0 aromatic heterocycles. The van der Waals surface area contributed by atoms with Crippen molar-refractivity contribution in [2.24, 2.45) is 0 Å². The summed E-state index contributed by atoms with van der Waals surface area (Å²) in [7, 11) is 0. The number of aliphatic hydroxyl groups is 5. The van der Waals surface area contributed by atoms with Gasteiger partial charge in [-0.15, -0.1) is 0 Å². The van der Waals surface area contributed by atoms with Crippen LogP contribution in [-0.2, 0) is 23.8 Å². The number of unbranched alkanes of at least 4 members (excludes halogenated alkanes) is 32. The van der Waals surface area contributed by atoms with Gasteiger partial charge in [-0.25, -0.2) is 0 Å². The van der Waals surface area contributed by atoms with Gasteiger partial charge in [0.2, 0.25) is 5.91 Å². The highest BCUT2D eigenvalue weighted by molar-refractivity contribution is 5.80. The Bertz CT molecular complexity index is 1670. The minimum absolute atomic E-state index is 0.119. The van der Waals surface area contributed by atoms with Gasteiger partial charge in [0.1, 0.15) is 24.4 Å². The van der Waals surface area contributed by atoms with Crippen LogP contribution in [0.2, 0.25) is 0 Å². The normalized spacial score (nSPS) is 19.1. The second-order valence-electron chi connectivity index (χ2n) is 23.5. The number of esters is 1. The maximum atomic E-state index is 13.5. The smallest absolute Gasteiger partial charge is 0.306 e. The predicted molar refractivity (Wildman–Crippen MR) is 347 cm³/mol. The van der Waals surface area contributed by atoms with E-state index in [0.717, 1.165) is 96.3 Å². The lowest BCUT2D eigenvalue weighted by Crippen LogP contribution is -2.61. The summed E-state index contributed by atoms with van der Waals surface area (Å²) in [6.07, 6.45) is 67.6. The fourth-order valence-electron chi connectivity index (χ4n) is 10.4. The van der Waals surface area contributed by atoms with Crippen LogP contribution in [0.5, 0.6) is 0 Å². The zero-order chi connectivity index (χ0) is 60.3. The SMILES string of the molecule is CC/C=C\C/C=C\C/C=C\C/C=C\C/C=C\CCCCCCCCCCC(O)C(=O)NC(COC1OC(CO)C(O)C(O)C1OC(=O)CCCCCCCCCCC/C=C/CCCCCCCC)C(O)/C=C/CCCCCCCCCCC. The Kier molecular flexibility index (Phi) is 55.5. The van der Waals surface area contributed by atoms with Crippen LogP contribution in [0.4, 0.5) is 0 Å². The number of amides is 1. The van der Waals surface area contributed by atoms with Gasteiger partial charge in [0.25, 0.3) is 0 Å². The number of hydrogen-bond donors (Lipinski definition) is 6. The Balaban J connectivity index is 2.59. The van der Waals surface area contributed by atoms with Crippen molar-refractivity contribution in [1.82, 2.24) is 5.32 Å². The molecule has 1 aliphatic rings. The molecule has 480 valence electrons. The summed E-state index contributed by atoms with van der Waals surface area (Å²) in [6.45, 7) is 5.68. The standard InChI is InChI=1S/C72H127NO10/c1-4-7-10-13-16-19-22-24-26-28-30-31-32-33-34-36-37-39-41-44-47-50-53-56-59-65(76)71(80)73-63(64(75)58-55-52-49-46-43-21-18-15-12-9-6-3)62-81-72-70(69(79)68(78)66(61-74)82-72)83-67(77)60-57-54-51-48-45-42-40-38-35-29-27-25-23-20-17-14-11-8-5-2/h7,10,16,19,24-27,30-31,33-34,55,58,63-66,68-70,72,74-76,78-79H,4-6,8-9,11-15,17-18,20-23,28-29,32,35-54,56-57,59-62H2,1-3H3,(H,73,80)/b10-7-,19-16-,26-24-,27-25+,31-30-,34-33-,58-55+. The van der Waals surface area contributed by atoms with Crippen LogP contribution < -0.4 is 5.32 Å². The van der Waals surface area contributed by atoms with Crippen LogP contribution in [0.1, 0.15) is 297 Å². The van der Waals surface area contributed by atoms with Gasteiger partial charge in [0.05, 0.1) is 25.4 Å². The first-order valence-corrected chi connectivity index (χ1v) is 34.4. The molecular formula is C72H127NO10. The molecular weight excluding hydrogens is 1040 g/mol. The Morgan fingerprint density at radius 1 is 0.482 bits per heavy atom. The van der Waals surface area contributed by atoms with Crippen LogP contribution in [0.15, 0.2) is 85.1 Å². The van der Waals surface area contributed by atoms with Gasteiger partial charge in [-0.05, 0) is 96.3 Å². The fourth-order valence-corrected chi connectivity index (χ4v) is 10.4. The van der Waals surface area contributed by atoms with Crippen molar-refractivity contribution in [2.45, 2.75) is 346 Å². The van der Waals surface area contributed by atoms with Crippen LogP contribution in [0, 0.1) is 0 Å². The lowest BCUT2D eigenvalue weighted by molar-refractivity contribution is -0.305. The molecule has 6 N–H and O–H groups in total. The molecule has 1 heterocycles. The van der Waals surface area contributed by atoms with Gasteiger partial charge in [0.15, 0.2) is 12.4 Å². The van der Waals surface area contributed by atoms with E-state index in [1.165, 1.54) is 154 Å². The molecule has 0 spiro atoms. The van der Waals surface area contributed by atoms with Gasteiger partial charge in [-0.1, -0.05) is 279 Å². The third-order valence-corrected chi connectivity index (χ3v) is 15.8. The number of ether oxygens (including phenoxy) is 3. The number of aliphatic hydroxyl groups excluding tert-OH is 5. The highest BCUT2D eigenvalue weighted by Gasteiger charge is 2.47. The lowest BCUT2D eigenvalue weighted by atomic mass is 9.99. The van der Waals surface area contributed by atoms with Crippen LogP contribution in [-0.4, -0.2) is 99.6 Å². The van der Waals surface area contributed by atoms with E-state index in [9.17, 15) is 35.1 Å². The molecule has 8 atom stereocenters. The molecule has 1 amide bonds. The van der Waals surface area contributed by atoms with E-state index < -0.39 is 67.4 Å². The first-order valence-electron chi connectivity index (χ1n) is 34.4. The lowest BCUT2D eigenvalue weighted by Gasteiger charge is -2.41. The quantitative estimate of drug-likeness (QED) is 0.0195. The molecule has 0 saturated carbocycles. The zero-order valence-corrected chi connectivity index (χ0v) is 53.3. The van der Waals surface area contributed by atoms with E-state index >= 15 is 0 Å². The Morgan fingerprint density at radius 3 is 1.31 bits per heavy atom. The summed E-state index contributed by atoms with van der Waals surface area (Å²) in [5.41, 5.74) is 0. The molecule has 11 heteroatoms. The summed E-state index contributed by atoms with van der Waals surface area (Å²) < 4.78 is 17.7. The number of allylic oxidation sites excluding steroid dienone is 13. The van der Waals surface area contributed by atoms with E-state index in [4.69, 9.17) is 14.2 Å². The van der Waals surface area contributed by atoms with Gasteiger partial charge in [-0.3, -0.25) is 9.59 Å². The van der Waals surface area contributed by atoms with Crippen molar-refractivity contribution < 1.29 is 49.3 Å². The highest BCUT2D eigenvalue weighted by Crippen LogP contribution is 2.26. The minimum Gasteiger partial charge on any atom is -0.454 e. The third-order valence-electron chi connectivity index (χ3n) is 15.8. The van der Waals surface area contributed by atoms with Crippen molar-refractivity contribution in [3.8, 4) is 0 Å². The molecule has 11 nitrogen and oxygen atoms in total. The molecule has 0 aromatic rings. The highest BCUT2D eigenvalue weighted by atomic mass is 16.7. The number of rotatable bonds is 58.